The number of benzene rings is 1. The maximum atomic E-state index is 8.53. The Hall–Kier alpha value is -1.39. The SMILES string of the molecule is COC(C=NO)(OC)c1ccccc1. The molecule has 0 aliphatic rings. The molecule has 0 aromatic heterocycles. The lowest BCUT2D eigenvalue weighted by atomic mass is 10.1. The van der Waals surface area contributed by atoms with E-state index in [9.17, 15) is 0 Å². The van der Waals surface area contributed by atoms with Gasteiger partial charge in [0, 0.05) is 19.8 Å². The third-order valence-electron chi connectivity index (χ3n) is 2.01. The Kier molecular flexibility index (Phi) is 3.62. The van der Waals surface area contributed by atoms with E-state index in [0.717, 1.165) is 5.56 Å². The molecule has 0 fully saturated rings. The number of oxime groups is 1. The first-order chi connectivity index (χ1) is 6.79. The molecule has 0 aliphatic heterocycles. The van der Waals surface area contributed by atoms with Gasteiger partial charge in [0.05, 0.1) is 0 Å². The molecule has 0 saturated carbocycles. The molecule has 4 heteroatoms. The molecular formula is C10H13NO3. The summed E-state index contributed by atoms with van der Waals surface area (Å²) in [6, 6.07) is 9.25. The van der Waals surface area contributed by atoms with E-state index in [1.165, 1.54) is 20.4 Å². The minimum atomic E-state index is -1.12. The Morgan fingerprint density at radius 1 is 1.21 bits per heavy atom. The van der Waals surface area contributed by atoms with Crippen molar-refractivity contribution in [2.24, 2.45) is 5.16 Å². The predicted octanol–water partition coefficient (Wildman–Crippen LogP) is 1.59. The molecule has 4 nitrogen and oxygen atoms in total. The lowest BCUT2D eigenvalue weighted by molar-refractivity contribution is -0.158. The Bertz CT molecular complexity index is 293. The maximum Gasteiger partial charge on any atom is 0.235 e. The number of methoxy groups -OCH3 is 2. The van der Waals surface area contributed by atoms with Crippen LogP contribution in [0.3, 0.4) is 0 Å². The summed E-state index contributed by atoms with van der Waals surface area (Å²) in [5.74, 6) is -1.12. The quantitative estimate of drug-likeness (QED) is 0.343. The fourth-order valence-corrected chi connectivity index (χ4v) is 1.25. The summed E-state index contributed by atoms with van der Waals surface area (Å²) >= 11 is 0. The molecule has 1 aromatic carbocycles. The molecule has 0 amide bonds. The van der Waals surface area contributed by atoms with E-state index in [0.29, 0.717) is 0 Å². The van der Waals surface area contributed by atoms with Gasteiger partial charge < -0.3 is 14.7 Å². The van der Waals surface area contributed by atoms with Crippen molar-refractivity contribution in [3.8, 4) is 0 Å². The molecule has 0 atom stereocenters. The van der Waals surface area contributed by atoms with Gasteiger partial charge in [-0.3, -0.25) is 0 Å². The molecule has 0 radical (unpaired) electrons. The average Bonchev–Trinajstić information content (AvgIpc) is 2.27. The predicted molar refractivity (Wildman–Crippen MR) is 52.4 cm³/mol. The second-order valence-corrected chi connectivity index (χ2v) is 2.69. The van der Waals surface area contributed by atoms with E-state index < -0.39 is 5.79 Å². The molecule has 0 saturated heterocycles. The van der Waals surface area contributed by atoms with Gasteiger partial charge in [0.1, 0.15) is 6.21 Å². The molecule has 0 unspecified atom stereocenters. The second kappa shape index (κ2) is 4.74. The van der Waals surface area contributed by atoms with E-state index >= 15 is 0 Å². The fraction of sp³-hybridized carbons (Fsp3) is 0.300. The highest BCUT2D eigenvalue weighted by molar-refractivity contribution is 5.68. The number of hydrogen-bond donors (Lipinski definition) is 1. The van der Waals surface area contributed by atoms with Gasteiger partial charge in [-0.2, -0.15) is 0 Å². The van der Waals surface area contributed by atoms with Crippen molar-refractivity contribution >= 4 is 6.21 Å². The third-order valence-corrected chi connectivity index (χ3v) is 2.01. The Morgan fingerprint density at radius 3 is 2.21 bits per heavy atom. The molecule has 1 N–H and O–H groups in total. The van der Waals surface area contributed by atoms with Gasteiger partial charge in [-0.25, -0.2) is 0 Å². The Labute approximate surface area is 82.8 Å². The van der Waals surface area contributed by atoms with Crippen molar-refractivity contribution in [1.82, 2.24) is 0 Å². The summed E-state index contributed by atoms with van der Waals surface area (Å²) in [6.07, 6.45) is 1.20. The molecule has 1 rings (SSSR count). The topological polar surface area (TPSA) is 51.0 Å². The van der Waals surface area contributed by atoms with Crippen LogP contribution in [0.1, 0.15) is 5.56 Å². The molecule has 0 heterocycles. The zero-order chi connectivity index (χ0) is 10.4. The highest BCUT2D eigenvalue weighted by atomic mass is 16.7. The first kappa shape index (κ1) is 10.7. The molecule has 1 aromatic rings. The lowest BCUT2D eigenvalue weighted by Crippen LogP contribution is -2.32. The van der Waals surface area contributed by atoms with Gasteiger partial charge >= 0.3 is 0 Å². The minimum Gasteiger partial charge on any atom is -0.411 e. The Balaban J connectivity index is 3.10. The van der Waals surface area contributed by atoms with Crippen LogP contribution in [0.4, 0.5) is 0 Å². The molecule has 0 spiro atoms. The second-order valence-electron chi connectivity index (χ2n) is 2.69. The zero-order valence-corrected chi connectivity index (χ0v) is 8.18. The van der Waals surface area contributed by atoms with Crippen molar-refractivity contribution in [1.29, 1.82) is 0 Å². The molecule has 0 aliphatic carbocycles. The van der Waals surface area contributed by atoms with E-state index in [2.05, 4.69) is 5.16 Å². The summed E-state index contributed by atoms with van der Waals surface area (Å²) < 4.78 is 10.4. The average molecular weight is 195 g/mol. The van der Waals surface area contributed by atoms with Gasteiger partial charge in [0.2, 0.25) is 5.79 Å². The van der Waals surface area contributed by atoms with E-state index in [4.69, 9.17) is 14.7 Å². The van der Waals surface area contributed by atoms with Crippen molar-refractivity contribution < 1.29 is 14.7 Å². The van der Waals surface area contributed by atoms with E-state index in [-0.39, 0.29) is 0 Å². The maximum absolute atomic E-state index is 8.53. The van der Waals surface area contributed by atoms with Crippen LogP contribution in [0, 0.1) is 0 Å². The normalized spacial score (nSPS) is 12.1. The first-order valence-corrected chi connectivity index (χ1v) is 4.13. The van der Waals surface area contributed by atoms with Crippen LogP contribution in [-0.2, 0) is 15.3 Å². The van der Waals surface area contributed by atoms with Crippen LogP contribution in [0.2, 0.25) is 0 Å². The lowest BCUT2D eigenvalue weighted by Gasteiger charge is -2.26. The van der Waals surface area contributed by atoms with Gasteiger partial charge in [0.15, 0.2) is 0 Å². The monoisotopic (exact) mass is 195 g/mol. The van der Waals surface area contributed by atoms with Crippen LogP contribution < -0.4 is 0 Å². The highest BCUT2D eigenvalue weighted by Crippen LogP contribution is 2.23. The van der Waals surface area contributed by atoms with Crippen molar-refractivity contribution in [2.45, 2.75) is 5.79 Å². The third kappa shape index (κ3) is 1.92. The Morgan fingerprint density at radius 2 is 1.79 bits per heavy atom. The summed E-state index contributed by atoms with van der Waals surface area (Å²) in [7, 11) is 2.97. The summed E-state index contributed by atoms with van der Waals surface area (Å²) in [6.45, 7) is 0. The molecular weight excluding hydrogens is 182 g/mol. The number of ether oxygens (including phenoxy) is 2. The summed E-state index contributed by atoms with van der Waals surface area (Å²) in [5.41, 5.74) is 0.766. The van der Waals surface area contributed by atoms with Crippen LogP contribution >= 0.6 is 0 Å². The van der Waals surface area contributed by atoms with Gasteiger partial charge in [-0.05, 0) is 0 Å². The van der Waals surface area contributed by atoms with Crippen molar-refractivity contribution in [3.05, 3.63) is 35.9 Å². The van der Waals surface area contributed by atoms with Gasteiger partial charge in [-0.15, -0.1) is 0 Å². The summed E-state index contributed by atoms with van der Waals surface area (Å²) in [5, 5.41) is 11.5. The largest absolute Gasteiger partial charge is 0.411 e. The van der Waals surface area contributed by atoms with Crippen LogP contribution in [0.15, 0.2) is 35.5 Å². The van der Waals surface area contributed by atoms with Gasteiger partial charge in [0.25, 0.3) is 0 Å². The smallest absolute Gasteiger partial charge is 0.235 e. The number of hydrogen-bond acceptors (Lipinski definition) is 4. The standard InChI is InChI=1S/C10H13NO3/c1-13-10(14-2,8-11-12)9-6-4-3-5-7-9/h3-8,12H,1-2H3. The molecule has 76 valence electrons. The summed E-state index contributed by atoms with van der Waals surface area (Å²) in [4.78, 5) is 0. The zero-order valence-electron chi connectivity index (χ0n) is 8.18. The van der Waals surface area contributed by atoms with Crippen LogP contribution in [0.5, 0.6) is 0 Å². The van der Waals surface area contributed by atoms with E-state index in [1.807, 2.05) is 30.3 Å². The van der Waals surface area contributed by atoms with Gasteiger partial charge in [-0.1, -0.05) is 35.5 Å². The number of rotatable bonds is 4. The van der Waals surface area contributed by atoms with Crippen molar-refractivity contribution in [2.75, 3.05) is 14.2 Å². The van der Waals surface area contributed by atoms with Crippen molar-refractivity contribution in [3.63, 3.8) is 0 Å². The van der Waals surface area contributed by atoms with Crippen LogP contribution in [-0.4, -0.2) is 25.6 Å². The first-order valence-electron chi connectivity index (χ1n) is 4.13. The van der Waals surface area contributed by atoms with E-state index in [1.54, 1.807) is 0 Å². The number of nitrogens with zero attached hydrogens (tertiary/aromatic N) is 1. The minimum absolute atomic E-state index is 0.766. The highest BCUT2D eigenvalue weighted by Gasteiger charge is 2.30. The fourth-order valence-electron chi connectivity index (χ4n) is 1.25. The molecule has 14 heavy (non-hydrogen) atoms. The van der Waals surface area contributed by atoms with Crippen LogP contribution in [0.25, 0.3) is 0 Å². The molecule has 0 bridgehead atoms.